The van der Waals surface area contributed by atoms with Crippen molar-refractivity contribution in [2.45, 2.75) is 6.36 Å². The third kappa shape index (κ3) is 2.82. The summed E-state index contributed by atoms with van der Waals surface area (Å²) in [6.07, 6.45) is -4.88. The lowest BCUT2D eigenvalue weighted by molar-refractivity contribution is -0.274. The molecule has 0 fully saturated rings. The summed E-state index contributed by atoms with van der Waals surface area (Å²) in [6.45, 7) is 0. The highest BCUT2D eigenvalue weighted by atomic mass is 35.5. The number of fused-ring (bicyclic) bond motifs is 1. The summed E-state index contributed by atoms with van der Waals surface area (Å²) in [5, 5.41) is 0.512. The minimum Gasteiger partial charge on any atom is -0.403 e. The zero-order valence-electron chi connectivity index (χ0n) is 10.7. The van der Waals surface area contributed by atoms with Crippen LogP contribution >= 0.6 is 23.1 Å². The van der Waals surface area contributed by atoms with E-state index < -0.39 is 17.7 Å². The molecule has 0 unspecified atom stereocenters. The Morgan fingerprint density at radius 3 is 2.55 bits per heavy atom. The highest BCUT2D eigenvalue weighted by molar-refractivity contribution is 7.14. The number of aromatic nitrogens is 1. The Bertz CT molecular complexity index is 901. The van der Waals surface area contributed by atoms with E-state index in [4.69, 9.17) is 11.6 Å². The molecule has 3 aromatic rings. The SMILES string of the molecule is O=c1c2ccccc2sn1-c1ccc(Cl)cc1OC(F)(F)F. The summed E-state index contributed by atoms with van der Waals surface area (Å²) in [5.74, 6) is -0.520. The van der Waals surface area contributed by atoms with Gasteiger partial charge in [-0.15, -0.1) is 13.2 Å². The number of rotatable bonds is 2. The monoisotopic (exact) mass is 345 g/mol. The van der Waals surface area contributed by atoms with Gasteiger partial charge in [-0.25, -0.2) is 3.96 Å². The third-order valence-corrected chi connectivity index (χ3v) is 4.19. The first-order valence-corrected chi connectivity index (χ1v) is 7.17. The molecule has 22 heavy (non-hydrogen) atoms. The quantitative estimate of drug-likeness (QED) is 0.679. The molecule has 2 aromatic carbocycles. The van der Waals surface area contributed by atoms with Gasteiger partial charge in [-0.2, -0.15) is 0 Å². The number of halogens is 4. The van der Waals surface area contributed by atoms with Crippen LogP contribution in [0.5, 0.6) is 5.75 Å². The van der Waals surface area contributed by atoms with Crippen molar-refractivity contribution in [3.63, 3.8) is 0 Å². The summed E-state index contributed by atoms with van der Waals surface area (Å²) in [6, 6.07) is 10.5. The number of nitrogens with zero attached hydrogens (tertiary/aromatic N) is 1. The Kier molecular flexibility index (Phi) is 3.62. The number of ether oxygens (including phenoxy) is 1. The van der Waals surface area contributed by atoms with Gasteiger partial charge in [-0.05, 0) is 24.3 Å². The van der Waals surface area contributed by atoms with Crippen molar-refractivity contribution in [2.75, 3.05) is 0 Å². The van der Waals surface area contributed by atoms with Crippen molar-refractivity contribution in [3.05, 3.63) is 57.8 Å². The molecule has 3 rings (SSSR count). The summed E-state index contributed by atoms with van der Waals surface area (Å²) < 4.78 is 43.4. The molecule has 0 bridgehead atoms. The lowest BCUT2D eigenvalue weighted by atomic mass is 10.2. The maximum Gasteiger partial charge on any atom is 0.573 e. The van der Waals surface area contributed by atoms with Crippen LogP contribution in [0.1, 0.15) is 0 Å². The fourth-order valence-corrected chi connectivity index (χ4v) is 3.18. The number of benzene rings is 2. The van der Waals surface area contributed by atoms with Gasteiger partial charge in [0.2, 0.25) is 0 Å². The molecule has 0 spiro atoms. The second-order valence-electron chi connectivity index (χ2n) is 4.35. The van der Waals surface area contributed by atoms with E-state index in [-0.39, 0.29) is 10.7 Å². The Morgan fingerprint density at radius 1 is 1.14 bits per heavy atom. The van der Waals surface area contributed by atoms with Crippen molar-refractivity contribution < 1.29 is 17.9 Å². The first-order valence-electron chi connectivity index (χ1n) is 6.02. The smallest absolute Gasteiger partial charge is 0.403 e. The van der Waals surface area contributed by atoms with E-state index >= 15 is 0 Å². The minimum absolute atomic E-state index is 0.00655. The lowest BCUT2D eigenvalue weighted by Gasteiger charge is -2.13. The van der Waals surface area contributed by atoms with E-state index in [0.29, 0.717) is 10.1 Å². The van der Waals surface area contributed by atoms with Crippen molar-refractivity contribution in [1.29, 1.82) is 0 Å². The van der Waals surface area contributed by atoms with Crippen LogP contribution in [0.25, 0.3) is 15.8 Å². The summed E-state index contributed by atoms with van der Waals surface area (Å²) in [4.78, 5) is 12.3. The van der Waals surface area contributed by atoms with Crippen LogP contribution in [-0.2, 0) is 0 Å². The van der Waals surface area contributed by atoms with Crippen LogP contribution in [-0.4, -0.2) is 10.3 Å². The number of hydrogen-bond acceptors (Lipinski definition) is 3. The van der Waals surface area contributed by atoms with Crippen molar-refractivity contribution in [2.24, 2.45) is 0 Å². The van der Waals surface area contributed by atoms with Crippen LogP contribution in [0, 0.1) is 0 Å². The molecular weight excluding hydrogens is 339 g/mol. The summed E-state index contributed by atoms with van der Waals surface area (Å²) in [7, 11) is 0. The van der Waals surface area contributed by atoms with Gasteiger partial charge in [0.25, 0.3) is 5.56 Å². The maximum atomic E-state index is 12.5. The molecule has 0 amide bonds. The average Bonchev–Trinajstić information content (AvgIpc) is 2.75. The van der Waals surface area contributed by atoms with Gasteiger partial charge in [0.15, 0.2) is 5.75 Å². The Labute approximate surface area is 131 Å². The van der Waals surface area contributed by atoms with E-state index in [1.54, 1.807) is 24.3 Å². The van der Waals surface area contributed by atoms with Gasteiger partial charge in [0.1, 0.15) is 5.69 Å². The minimum atomic E-state index is -4.88. The molecule has 3 nitrogen and oxygen atoms in total. The fourth-order valence-electron chi connectivity index (χ4n) is 1.99. The van der Waals surface area contributed by atoms with Gasteiger partial charge < -0.3 is 4.74 Å². The van der Waals surface area contributed by atoms with Crippen molar-refractivity contribution >= 4 is 33.2 Å². The predicted molar refractivity (Wildman–Crippen MR) is 79.1 cm³/mol. The van der Waals surface area contributed by atoms with E-state index in [1.807, 2.05) is 0 Å². The zero-order chi connectivity index (χ0) is 15.9. The molecule has 0 radical (unpaired) electrons. The van der Waals surface area contributed by atoms with E-state index in [1.165, 1.54) is 12.1 Å². The second kappa shape index (κ2) is 5.33. The van der Waals surface area contributed by atoms with Gasteiger partial charge in [0, 0.05) is 11.1 Å². The molecule has 0 saturated heterocycles. The summed E-state index contributed by atoms with van der Waals surface area (Å²) in [5.41, 5.74) is -0.414. The zero-order valence-corrected chi connectivity index (χ0v) is 12.3. The molecule has 0 atom stereocenters. The summed E-state index contributed by atoms with van der Waals surface area (Å²) >= 11 is 6.76. The highest BCUT2D eigenvalue weighted by Crippen LogP contribution is 2.33. The lowest BCUT2D eigenvalue weighted by Crippen LogP contribution is -2.20. The Hall–Kier alpha value is -1.99. The van der Waals surface area contributed by atoms with Crippen LogP contribution in [0.15, 0.2) is 47.3 Å². The van der Waals surface area contributed by atoms with E-state index in [0.717, 1.165) is 21.6 Å². The third-order valence-electron chi connectivity index (χ3n) is 2.86. The van der Waals surface area contributed by atoms with E-state index in [9.17, 15) is 18.0 Å². The molecule has 8 heteroatoms. The molecular formula is C14H7ClF3NO2S. The predicted octanol–water partition coefficient (Wildman–Crippen LogP) is 4.60. The number of hydrogen-bond donors (Lipinski definition) is 0. The van der Waals surface area contributed by atoms with Crippen molar-refractivity contribution in [3.8, 4) is 11.4 Å². The van der Waals surface area contributed by atoms with E-state index in [2.05, 4.69) is 4.74 Å². The van der Waals surface area contributed by atoms with Crippen LogP contribution < -0.4 is 10.3 Å². The molecule has 0 aliphatic rings. The second-order valence-corrected chi connectivity index (χ2v) is 5.77. The number of alkyl halides is 3. The molecule has 0 aliphatic heterocycles. The highest BCUT2D eigenvalue weighted by Gasteiger charge is 2.32. The largest absolute Gasteiger partial charge is 0.573 e. The molecule has 114 valence electrons. The molecule has 0 aliphatic carbocycles. The molecule has 0 saturated carbocycles. The maximum absolute atomic E-state index is 12.5. The fraction of sp³-hybridized carbons (Fsp3) is 0.0714. The molecule has 1 aromatic heterocycles. The molecule has 1 heterocycles. The van der Waals surface area contributed by atoms with Gasteiger partial charge in [0.05, 0.1) is 10.1 Å². The first-order chi connectivity index (χ1) is 10.3. The standard InChI is InChI=1S/C14H7ClF3NO2S/c15-8-5-6-10(11(7-8)21-14(16,17)18)19-13(20)9-3-1-2-4-12(9)22-19/h1-7H. The van der Waals surface area contributed by atoms with Crippen molar-refractivity contribution in [1.82, 2.24) is 3.96 Å². The first kappa shape index (κ1) is 14.9. The molecule has 0 N–H and O–H groups in total. The average molecular weight is 346 g/mol. The topological polar surface area (TPSA) is 31.2 Å². The van der Waals surface area contributed by atoms with Gasteiger partial charge in [-0.1, -0.05) is 35.3 Å². The van der Waals surface area contributed by atoms with Crippen LogP contribution in [0.4, 0.5) is 13.2 Å². The van der Waals surface area contributed by atoms with Gasteiger partial charge >= 0.3 is 6.36 Å². The van der Waals surface area contributed by atoms with Gasteiger partial charge in [-0.3, -0.25) is 4.79 Å². The Balaban J connectivity index is 2.22. The van der Waals surface area contributed by atoms with Crippen LogP contribution in [0.2, 0.25) is 5.02 Å². The van der Waals surface area contributed by atoms with Crippen LogP contribution in [0.3, 0.4) is 0 Å². The normalized spacial score (nSPS) is 11.8. The Morgan fingerprint density at radius 2 is 1.86 bits per heavy atom.